The number of pyridine rings is 1. The lowest BCUT2D eigenvalue weighted by atomic mass is 10.3. The first kappa shape index (κ1) is 22.0. The van der Waals surface area contributed by atoms with E-state index in [0.717, 1.165) is 21.8 Å². The van der Waals surface area contributed by atoms with Crippen LogP contribution in [0.4, 0.5) is 23.2 Å². The number of carbonyl (C=O) groups excluding carboxylic acids is 1. The maximum Gasteiger partial charge on any atom is 0.400 e. The molecule has 152 valence electrons. The van der Waals surface area contributed by atoms with E-state index in [1.54, 1.807) is 6.92 Å². The third kappa shape index (κ3) is 5.58. The van der Waals surface area contributed by atoms with Crippen molar-refractivity contribution < 1.29 is 26.6 Å². The van der Waals surface area contributed by atoms with Crippen LogP contribution in [0.5, 0.6) is 0 Å². The first-order chi connectivity index (χ1) is 13.0. The summed E-state index contributed by atoms with van der Waals surface area (Å²) in [5.41, 5.74) is -0.483. The van der Waals surface area contributed by atoms with Gasteiger partial charge in [-0.2, -0.15) is 18.3 Å². The molecule has 1 unspecified atom stereocenters. The average Bonchev–Trinajstić information content (AvgIpc) is 2.95. The van der Waals surface area contributed by atoms with Crippen molar-refractivity contribution in [3.63, 3.8) is 0 Å². The molecule has 1 atom stereocenters. The van der Waals surface area contributed by atoms with Crippen LogP contribution in [0, 0.1) is 11.2 Å². The second-order valence-electron chi connectivity index (χ2n) is 5.48. The van der Waals surface area contributed by atoms with Gasteiger partial charge in [-0.05, 0) is 6.92 Å². The van der Waals surface area contributed by atoms with Gasteiger partial charge in [-0.25, -0.2) is 9.07 Å². The molecule has 13 heteroatoms. The Morgan fingerprint density at radius 2 is 2.07 bits per heavy atom. The van der Waals surface area contributed by atoms with Crippen molar-refractivity contribution >= 4 is 39.7 Å². The Balaban J connectivity index is 2.21. The van der Waals surface area contributed by atoms with Crippen LogP contribution in [0.15, 0.2) is 24.7 Å². The van der Waals surface area contributed by atoms with E-state index in [9.17, 15) is 26.6 Å². The number of hydrogen-bond donors (Lipinski definition) is 1. The van der Waals surface area contributed by atoms with Crippen molar-refractivity contribution in [3.8, 4) is 5.69 Å². The molecule has 1 N–H and O–H groups in total. The van der Waals surface area contributed by atoms with E-state index in [4.69, 9.17) is 17.0 Å². The van der Waals surface area contributed by atoms with E-state index in [2.05, 4.69) is 10.1 Å². The van der Waals surface area contributed by atoms with Crippen molar-refractivity contribution in [1.82, 2.24) is 14.8 Å². The minimum absolute atomic E-state index is 0.0138. The summed E-state index contributed by atoms with van der Waals surface area (Å²) >= 11 is 6.03. The van der Waals surface area contributed by atoms with E-state index in [0.29, 0.717) is 0 Å². The van der Waals surface area contributed by atoms with Gasteiger partial charge in [0.2, 0.25) is 0 Å². The Morgan fingerprint density at radius 3 is 2.64 bits per heavy atom. The number of anilines is 1. The SMILES string of the molecule is CCN(C(=O)C(=N)CS(=O)CC(F)(F)F)c1cn(-c2cncc(F)c2)nc1Cl. The molecule has 2 aromatic rings. The summed E-state index contributed by atoms with van der Waals surface area (Å²) in [6.45, 7) is 1.56. The van der Waals surface area contributed by atoms with E-state index < -0.39 is 45.9 Å². The fourth-order valence-corrected chi connectivity index (χ4v) is 3.37. The molecule has 1 amide bonds. The molecule has 0 aromatic carbocycles. The Labute approximate surface area is 164 Å². The molecule has 2 heterocycles. The summed E-state index contributed by atoms with van der Waals surface area (Å²) in [6, 6.07) is 1.13. The first-order valence-corrected chi connectivity index (χ1v) is 9.55. The molecule has 0 saturated heterocycles. The van der Waals surface area contributed by atoms with Crippen molar-refractivity contribution in [2.45, 2.75) is 13.1 Å². The monoisotopic (exact) mass is 439 g/mol. The molecule has 0 spiro atoms. The second kappa shape index (κ2) is 8.78. The summed E-state index contributed by atoms with van der Waals surface area (Å²) < 4.78 is 62.8. The fraction of sp³-hybridized carbons (Fsp3) is 0.333. The molecule has 0 radical (unpaired) electrons. The molecule has 0 bridgehead atoms. The van der Waals surface area contributed by atoms with Crippen LogP contribution in [-0.2, 0) is 15.6 Å². The van der Waals surface area contributed by atoms with Crippen LogP contribution < -0.4 is 4.90 Å². The highest BCUT2D eigenvalue weighted by Crippen LogP contribution is 2.26. The van der Waals surface area contributed by atoms with Crippen molar-refractivity contribution in [2.24, 2.45) is 0 Å². The summed E-state index contributed by atoms with van der Waals surface area (Å²) in [7, 11) is -2.45. The molecule has 28 heavy (non-hydrogen) atoms. The van der Waals surface area contributed by atoms with Crippen molar-refractivity contribution in [2.75, 3.05) is 23.0 Å². The second-order valence-corrected chi connectivity index (χ2v) is 7.30. The summed E-state index contributed by atoms with van der Waals surface area (Å²) in [5, 5.41) is 11.5. The van der Waals surface area contributed by atoms with E-state index in [-0.39, 0.29) is 23.1 Å². The van der Waals surface area contributed by atoms with Gasteiger partial charge in [0.25, 0.3) is 5.91 Å². The number of carbonyl (C=O) groups is 1. The van der Waals surface area contributed by atoms with E-state index >= 15 is 0 Å². The van der Waals surface area contributed by atoms with Crippen LogP contribution in [0.2, 0.25) is 5.15 Å². The van der Waals surface area contributed by atoms with E-state index in [1.807, 2.05) is 0 Å². The zero-order chi connectivity index (χ0) is 21.1. The number of nitrogens with zero attached hydrogens (tertiary/aromatic N) is 4. The molecule has 7 nitrogen and oxygen atoms in total. The predicted molar refractivity (Wildman–Crippen MR) is 96.0 cm³/mol. The summed E-state index contributed by atoms with van der Waals surface area (Å²) in [6.07, 6.45) is -1.08. The van der Waals surface area contributed by atoms with Gasteiger partial charge in [0.1, 0.15) is 23.0 Å². The minimum atomic E-state index is -4.66. The lowest BCUT2D eigenvalue weighted by molar-refractivity contribution is -0.112. The molecule has 2 rings (SSSR count). The van der Waals surface area contributed by atoms with Crippen molar-refractivity contribution in [1.29, 1.82) is 5.41 Å². The minimum Gasteiger partial charge on any atom is -0.303 e. The van der Waals surface area contributed by atoms with Gasteiger partial charge in [-0.15, -0.1) is 0 Å². The van der Waals surface area contributed by atoms with Gasteiger partial charge < -0.3 is 4.90 Å². The molecular formula is C15H14ClF4N5O2S. The Bertz CT molecular complexity index is 918. The number of amides is 1. The van der Waals surface area contributed by atoms with Gasteiger partial charge in [-0.1, -0.05) is 11.6 Å². The molecule has 0 saturated carbocycles. The average molecular weight is 440 g/mol. The fourth-order valence-electron chi connectivity index (χ4n) is 2.23. The third-order valence-corrected chi connectivity index (χ3v) is 4.88. The highest BCUT2D eigenvalue weighted by molar-refractivity contribution is 7.85. The lowest BCUT2D eigenvalue weighted by Crippen LogP contribution is -2.39. The van der Waals surface area contributed by atoms with Gasteiger partial charge in [0.05, 0.1) is 30.0 Å². The number of hydrogen-bond acceptors (Lipinski definition) is 5. The van der Waals surface area contributed by atoms with Crippen LogP contribution in [0.25, 0.3) is 5.69 Å². The number of nitrogens with one attached hydrogen (secondary N) is 1. The highest BCUT2D eigenvalue weighted by atomic mass is 35.5. The molecule has 0 fully saturated rings. The van der Waals surface area contributed by atoms with Crippen LogP contribution >= 0.6 is 11.6 Å². The maximum atomic E-state index is 13.3. The molecule has 0 aliphatic rings. The quantitative estimate of drug-likeness (QED) is 0.530. The maximum absolute atomic E-state index is 13.3. The molecule has 2 aromatic heterocycles. The number of halogens is 5. The molecule has 0 aliphatic heterocycles. The van der Waals surface area contributed by atoms with Gasteiger partial charge in [0, 0.05) is 23.4 Å². The van der Waals surface area contributed by atoms with Gasteiger partial charge in [0.15, 0.2) is 5.15 Å². The number of rotatable bonds is 7. The number of aromatic nitrogens is 3. The van der Waals surface area contributed by atoms with Crippen molar-refractivity contribution in [3.05, 3.63) is 35.6 Å². The Hall–Kier alpha value is -2.34. The molecule has 0 aliphatic carbocycles. The highest BCUT2D eigenvalue weighted by Gasteiger charge is 2.32. The smallest absolute Gasteiger partial charge is 0.303 e. The molecular weight excluding hydrogens is 426 g/mol. The standard InChI is InChI=1S/C15H14ClF4N5O2S/c1-2-24(14(26)11(21)7-28(27)8-15(18,19)20)12-6-25(23-13(12)16)10-3-9(17)4-22-5-10/h3-6,21H,2,7-8H2,1H3. The van der Waals surface area contributed by atoms with Crippen LogP contribution in [0.1, 0.15) is 6.92 Å². The predicted octanol–water partition coefficient (Wildman–Crippen LogP) is 2.74. The summed E-state index contributed by atoms with van der Waals surface area (Å²) in [4.78, 5) is 17.1. The zero-order valence-electron chi connectivity index (χ0n) is 14.3. The normalized spacial score (nSPS) is 12.6. The lowest BCUT2D eigenvalue weighted by Gasteiger charge is -2.19. The van der Waals surface area contributed by atoms with E-state index in [1.165, 1.54) is 12.4 Å². The number of alkyl halides is 3. The van der Waals surface area contributed by atoms with Crippen LogP contribution in [0.3, 0.4) is 0 Å². The largest absolute Gasteiger partial charge is 0.400 e. The Kier molecular flexibility index (Phi) is 6.88. The third-order valence-electron chi connectivity index (χ3n) is 3.35. The Morgan fingerprint density at radius 1 is 1.39 bits per heavy atom. The van der Waals surface area contributed by atoms with Gasteiger partial charge in [-0.3, -0.25) is 19.4 Å². The first-order valence-electron chi connectivity index (χ1n) is 7.69. The zero-order valence-corrected chi connectivity index (χ0v) is 15.9. The topological polar surface area (TPSA) is 91.9 Å². The van der Waals surface area contributed by atoms with Gasteiger partial charge >= 0.3 is 6.18 Å². The van der Waals surface area contributed by atoms with Crippen LogP contribution in [-0.4, -0.2) is 54.8 Å². The summed E-state index contributed by atoms with van der Waals surface area (Å²) in [5.74, 6) is -4.05.